The molecule has 0 radical (unpaired) electrons. The average molecular weight is 419 g/mol. The first-order valence-electron chi connectivity index (χ1n) is 8.84. The Labute approximate surface area is 162 Å². The molecule has 6 heteroatoms. The Kier molecular flexibility index (Phi) is 6.14. The van der Waals surface area contributed by atoms with Gasteiger partial charge in [0.25, 0.3) is 0 Å². The molecule has 1 N–H and O–H groups in total. The van der Waals surface area contributed by atoms with Crippen molar-refractivity contribution in [3.05, 3.63) is 52.1 Å². The van der Waals surface area contributed by atoms with Crippen LogP contribution in [0.2, 0.25) is 0 Å². The van der Waals surface area contributed by atoms with Gasteiger partial charge in [-0.25, -0.2) is 9.78 Å². The van der Waals surface area contributed by atoms with Gasteiger partial charge in [-0.2, -0.15) is 0 Å². The maximum absolute atomic E-state index is 12.1. The fraction of sp³-hybridized carbons (Fsp3) is 0.400. The number of anilines is 1. The first-order valence-corrected chi connectivity index (χ1v) is 9.63. The number of phenolic OH excluding ortho intramolecular Hbond substituents is 1. The summed E-state index contributed by atoms with van der Waals surface area (Å²) in [6.45, 7) is 1.73. The molecular weight excluding hydrogens is 396 g/mol. The molecule has 138 valence electrons. The third-order valence-corrected chi connectivity index (χ3v) is 5.40. The Morgan fingerprint density at radius 2 is 2.08 bits per heavy atom. The Balaban J connectivity index is 1.60. The maximum Gasteiger partial charge on any atom is 0.341 e. The summed E-state index contributed by atoms with van der Waals surface area (Å²) in [5, 5.41) is 9.89. The number of esters is 1. The summed E-state index contributed by atoms with van der Waals surface area (Å²) < 4.78 is 5.66. The molecule has 1 aromatic heterocycles. The number of hydrogen-bond donors (Lipinski definition) is 1. The van der Waals surface area contributed by atoms with E-state index < -0.39 is 0 Å². The smallest absolute Gasteiger partial charge is 0.341 e. The minimum atomic E-state index is -0.365. The maximum atomic E-state index is 12.1. The number of rotatable bonds is 5. The van der Waals surface area contributed by atoms with Gasteiger partial charge < -0.3 is 14.7 Å². The molecule has 26 heavy (non-hydrogen) atoms. The van der Waals surface area contributed by atoms with Crippen LogP contribution in [0.5, 0.6) is 5.75 Å². The molecule has 0 atom stereocenters. The van der Waals surface area contributed by atoms with Crippen molar-refractivity contribution in [1.82, 2.24) is 4.98 Å². The standard InChI is InChI=1S/C20H23BrN2O3/c1-26-20(25)17-12-16(21)13-22-19(17)23-10-8-14(9-11-23)6-7-15-4-2-3-5-18(15)24/h2-5,12-14,24H,6-11H2,1H3. The van der Waals surface area contributed by atoms with Gasteiger partial charge in [0.15, 0.2) is 0 Å². The predicted octanol–water partition coefficient (Wildman–Crippen LogP) is 4.19. The monoisotopic (exact) mass is 418 g/mol. The number of carbonyl (C=O) groups excluding carboxylic acids is 1. The summed E-state index contributed by atoms with van der Waals surface area (Å²) in [5.74, 6) is 1.32. The van der Waals surface area contributed by atoms with Crippen LogP contribution in [0.15, 0.2) is 41.0 Å². The van der Waals surface area contributed by atoms with Gasteiger partial charge in [0.1, 0.15) is 17.1 Å². The van der Waals surface area contributed by atoms with Crippen LogP contribution in [-0.2, 0) is 11.2 Å². The van der Waals surface area contributed by atoms with Gasteiger partial charge in [-0.15, -0.1) is 0 Å². The van der Waals surface area contributed by atoms with Crippen LogP contribution in [0.3, 0.4) is 0 Å². The Hall–Kier alpha value is -2.08. The SMILES string of the molecule is COC(=O)c1cc(Br)cnc1N1CCC(CCc2ccccc2O)CC1. The van der Waals surface area contributed by atoms with Crippen LogP contribution in [0, 0.1) is 5.92 Å². The van der Waals surface area contributed by atoms with Gasteiger partial charge in [-0.1, -0.05) is 18.2 Å². The van der Waals surface area contributed by atoms with E-state index in [1.165, 1.54) is 7.11 Å². The number of aromatic hydroxyl groups is 1. The summed E-state index contributed by atoms with van der Waals surface area (Å²) in [4.78, 5) is 18.7. The van der Waals surface area contributed by atoms with Gasteiger partial charge in [0.2, 0.25) is 0 Å². The van der Waals surface area contributed by atoms with Gasteiger partial charge >= 0.3 is 5.97 Å². The normalized spacial score (nSPS) is 15.1. The lowest BCUT2D eigenvalue weighted by Gasteiger charge is -2.33. The van der Waals surface area contributed by atoms with Crippen molar-refractivity contribution < 1.29 is 14.6 Å². The first kappa shape index (κ1) is 18.7. The number of ether oxygens (including phenoxy) is 1. The fourth-order valence-corrected chi connectivity index (χ4v) is 3.79. The van der Waals surface area contributed by atoms with Crippen LogP contribution in [0.1, 0.15) is 35.2 Å². The number of carbonyl (C=O) groups is 1. The molecule has 0 spiro atoms. The molecule has 1 aliphatic heterocycles. The molecule has 2 heterocycles. The molecule has 0 unspecified atom stereocenters. The van der Waals surface area contributed by atoms with Crippen molar-refractivity contribution in [1.29, 1.82) is 0 Å². The third kappa shape index (κ3) is 4.36. The van der Waals surface area contributed by atoms with E-state index in [1.54, 1.807) is 18.3 Å². The minimum absolute atomic E-state index is 0.365. The van der Waals surface area contributed by atoms with Crippen molar-refractivity contribution in [2.45, 2.75) is 25.7 Å². The highest BCUT2D eigenvalue weighted by molar-refractivity contribution is 9.10. The quantitative estimate of drug-likeness (QED) is 0.737. The number of para-hydroxylation sites is 1. The number of pyridine rings is 1. The zero-order chi connectivity index (χ0) is 18.5. The zero-order valence-electron chi connectivity index (χ0n) is 14.8. The van der Waals surface area contributed by atoms with E-state index in [-0.39, 0.29) is 5.97 Å². The highest BCUT2D eigenvalue weighted by Gasteiger charge is 2.24. The second-order valence-corrected chi connectivity index (χ2v) is 7.53. The Morgan fingerprint density at radius 1 is 1.35 bits per heavy atom. The van der Waals surface area contributed by atoms with Crippen LogP contribution >= 0.6 is 15.9 Å². The highest BCUT2D eigenvalue weighted by Crippen LogP contribution is 2.29. The Morgan fingerprint density at radius 3 is 2.77 bits per heavy atom. The highest BCUT2D eigenvalue weighted by atomic mass is 79.9. The average Bonchev–Trinajstić information content (AvgIpc) is 2.67. The molecule has 5 nitrogen and oxygen atoms in total. The van der Waals surface area contributed by atoms with Gasteiger partial charge in [0, 0.05) is 23.8 Å². The number of piperidine rings is 1. The molecule has 3 rings (SSSR count). The molecule has 1 saturated heterocycles. The molecule has 2 aromatic rings. The molecule has 0 amide bonds. The van der Waals surface area contributed by atoms with Crippen molar-refractivity contribution in [3.8, 4) is 5.75 Å². The topological polar surface area (TPSA) is 62.7 Å². The van der Waals surface area contributed by atoms with E-state index in [1.807, 2.05) is 18.2 Å². The van der Waals surface area contributed by atoms with Gasteiger partial charge in [-0.3, -0.25) is 0 Å². The predicted molar refractivity (Wildman–Crippen MR) is 105 cm³/mol. The summed E-state index contributed by atoms with van der Waals surface area (Å²) in [7, 11) is 1.39. The van der Waals surface area contributed by atoms with E-state index >= 15 is 0 Å². The lowest BCUT2D eigenvalue weighted by molar-refractivity contribution is 0.0601. The molecule has 0 bridgehead atoms. The number of aryl methyl sites for hydroxylation is 1. The number of phenols is 1. The van der Waals surface area contributed by atoms with Crippen molar-refractivity contribution in [2.24, 2.45) is 5.92 Å². The number of halogens is 1. The fourth-order valence-electron chi connectivity index (χ4n) is 3.46. The van der Waals surface area contributed by atoms with Crippen molar-refractivity contribution in [2.75, 3.05) is 25.1 Å². The molecule has 1 aliphatic rings. The lowest BCUT2D eigenvalue weighted by atomic mass is 9.90. The van der Waals surface area contributed by atoms with Crippen LogP contribution in [0.4, 0.5) is 5.82 Å². The van der Waals surface area contributed by atoms with Crippen molar-refractivity contribution >= 4 is 27.7 Å². The second kappa shape index (κ2) is 8.54. The van der Waals surface area contributed by atoms with E-state index in [0.717, 1.165) is 48.8 Å². The largest absolute Gasteiger partial charge is 0.508 e. The van der Waals surface area contributed by atoms with Crippen LogP contribution in [0.25, 0.3) is 0 Å². The minimum Gasteiger partial charge on any atom is -0.508 e. The zero-order valence-corrected chi connectivity index (χ0v) is 16.4. The second-order valence-electron chi connectivity index (χ2n) is 6.61. The molecule has 0 saturated carbocycles. The van der Waals surface area contributed by atoms with Gasteiger partial charge in [0.05, 0.1) is 7.11 Å². The number of nitrogens with zero attached hydrogens (tertiary/aromatic N) is 2. The third-order valence-electron chi connectivity index (χ3n) is 4.97. The first-order chi connectivity index (χ1) is 12.6. The molecule has 1 aromatic carbocycles. The summed E-state index contributed by atoms with van der Waals surface area (Å²) in [6.07, 6.45) is 5.76. The molecule has 1 fully saturated rings. The van der Waals surface area contributed by atoms with Gasteiger partial charge in [-0.05, 0) is 65.2 Å². The van der Waals surface area contributed by atoms with E-state index in [9.17, 15) is 9.90 Å². The van der Waals surface area contributed by atoms with Crippen LogP contribution < -0.4 is 4.90 Å². The number of benzene rings is 1. The van der Waals surface area contributed by atoms with Crippen molar-refractivity contribution in [3.63, 3.8) is 0 Å². The molecular formula is C20H23BrN2O3. The summed E-state index contributed by atoms with van der Waals surface area (Å²) in [5.41, 5.74) is 1.51. The lowest BCUT2D eigenvalue weighted by Crippen LogP contribution is -2.35. The number of methoxy groups -OCH3 is 1. The number of hydrogen-bond acceptors (Lipinski definition) is 5. The summed E-state index contributed by atoms with van der Waals surface area (Å²) in [6, 6.07) is 9.30. The number of aromatic nitrogens is 1. The van der Waals surface area contributed by atoms with E-state index in [0.29, 0.717) is 23.0 Å². The molecule has 0 aliphatic carbocycles. The Bertz CT molecular complexity index is 773. The van der Waals surface area contributed by atoms with E-state index in [4.69, 9.17) is 4.74 Å². The van der Waals surface area contributed by atoms with Crippen LogP contribution in [-0.4, -0.2) is 36.3 Å². The van der Waals surface area contributed by atoms with E-state index in [2.05, 4.69) is 25.8 Å². The summed E-state index contributed by atoms with van der Waals surface area (Å²) >= 11 is 3.37.